The van der Waals surface area contributed by atoms with Gasteiger partial charge in [0.25, 0.3) is 5.91 Å². The van der Waals surface area contributed by atoms with Crippen LogP contribution in [0.2, 0.25) is 5.15 Å². The smallest absolute Gasteiger partial charge is 0.401 e. The van der Waals surface area contributed by atoms with Crippen molar-refractivity contribution >= 4 is 44.5 Å². The zero-order valence-electron chi connectivity index (χ0n) is 19.5. The lowest BCUT2D eigenvalue weighted by Crippen LogP contribution is -2.49. The molecule has 37 heavy (non-hydrogen) atoms. The summed E-state index contributed by atoms with van der Waals surface area (Å²) in [5.74, 6) is -0.156. The van der Waals surface area contributed by atoms with Crippen LogP contribution in [0.5, 0.6) is 5.75 Å². The molecule has 5 heterocycles. The van der Waals surface area contributed by atoms with Crippen LogP contribution in [0.25, 0.3) is 21.6 Å². The highest BCUT2D eigenvalue weighted by atomic mass is 35.5. The number of nitrogens with one attached hydrogen (secondary N) is 1. The number of methoxy groups -OCH3 is 1. The number of aryl methyl sites for hydroxylation is 1. The third kappa shape index (κ3) is 5.48. The molecule has 4 aromatic rings. The molecular weight excluding hydrogens is 531 g/mol. The van der Waals surface area contributed by atoms with Crippen LogP contribution in [0.3, 0.4) is 0 Å². The van der Waals surface area contributed by atoms with Gasteiger partial charge in [-0.2, -0.15) is 18.2 Å². The molecule has 0 aliphatic carbocycles. The van der Waals surface area contributed by atoms with E-state index in [1.165, 1.54) is 30.6 Å². The first-order valence-electron chi connectivity index (χ1n) is 11.0. The molecule has 1 amide bonds. The maximum absolute atomic E-state index is 13.2. The van der Waals surface area contributed by atoms with E-state index in [0.29, 0.717) is 38.7 Å². The van der Waals surface area contributed by atoms with Gasteiger partial charge in [-0.05, 0) is 19.1 Å². The van der Waals surface area contributed by atoms with Crippen LogP contribution in [0, 0.1) is 6.92 Å². The molecule has 1 aliphatic heterocycles. The number of nitrogens with zero attached hydrogens (tertiary/aromatic N) is 6. The van der Waals surface area contributed by atoms with Gasteiger partial charge in [-0.3, -0.25) is 20.0 Å². The number of carbonyl (C=O) groups excluding carboxylic acids is 1. The second-order valence-electron chi connectivity index (χ2n) is 8.48. The number of thiazole rings is 1. The maximum Gasteiger partial charge on any atom is 0.401 e. The summed E-state index contributed by atoms with van der Waals surface area (Å²) in [6.45, 7) is 1.37. The number of carbonyl (C=O) groups is 1. The lowest BCUT2D eigenvalue weighted by atomic mass is 9.97. The molecule has 0 atom stereocenters. The topological polar surface area (TPSA) is 106 Å². The van der Waals surface area contributed by atoms with Crippen molar-refractivity contribution in [1.82, 2.24) is 29.8 Å². The molecular formula is C23H19ClF3N7O2S. The average molecular weight is 550 g/mol. The molecule has 0 saturated carbocycles. The number of rotatable bonds is 6. The highest BCUT2D eigenvalue weighted by Crippen LogP contribution is 2.35. The van der Waals surface area contributed by atoms with E-state index in [-0.39, 0.29) is 34.9 Å². The van der Waals surface area contributed by atoms with Gasteiger partial charge in [-0.25, -0.2) is 15.0 Å². The summed E-state index contributed by atoms with van der Waals surface area (Å²) < 4.78 is 43.1. The number of hydrogen-bond acceptors (Lipinski definition) is 9. The van der Waals surface area contributed by atoms with Gasteiger partial charge in [0.05, 0.1) is 37.3 Å². The largest absolute Gasteiger partial charge is 0.494 e. The predicted octanol–water partition coefficient (Wildman–Crippen LogP) is 4.73. The Balaban J connectivity index is 1.37. The van der Waals surface area contributed by atoms with E-state index in [0.717, 1.165) is 11.3 Å². The normalized spacial score (nSPS) is 14.5. The summed E-state index contributed by atoms with van der Waals surface area (Å²) in [4.78, 5) is 36.5. The number of anilines is 1. The molecule has 0 bridgehead atoms. The molecule has 0 radical (unpaired) electrons. The van der Waals surface area contributed by atoms with Crippen molar-refractivity contribution in [3.8, 4) is 16.9 Å². The highest BCUT2D eigenvalue weighted by molar-refractivity contribution is 7.21. The van der Waals surface area contributed by atoms with Crippen molar-refractivity contribution in [2.75, 3.05) is 32.1 Å². The Morgan fingerprint density at radius 1 is 1.16 bits per heavy atom. The monoisotopic (exact) mass is 549 g/mol. The number of fused-ring (bicyclic) bond motifs is 1. The van der Waals surface area contributed by atoms with Crippen molar-refractivity contribution in [1.29, 1.82) is 0 Å². The van der Waals surface area contributed by atoms with Crippen molar-refractivity contribution in [2.24, 2.45) is 0 Å². The summed E-state index contributed by atoms with van der Waals surface area (Å²) in [5.41, 5.74) is 3.02. The number of halogens is 4. The van der Waals surface area contributed by atoms with Crippen LogP contribution in [-0.2, 0) is 0 Å². The minimum atomic E-state index is -4.23. The molecule has 0 unspecified atom stereocenters. The Hall–Kier alpha value is -3.42. The molecule has 1 saturated heterocycles. The molecule has 1 aliphatic rings. The van der Waals surface area contributed by atoms with E-state index in [9.17, 15) is 18.0 Å². The molecule has 1 N–H and O–H groups in total. The number of alkyl halides is 3. The second kappa shape index (κ2) is 9.80. The molecule has 9 nitrogen and oxygen atoms in total. The van der Waals surface area contributed by atoms with E-state index in [2.05, 4.69) is 30.2 Å². The van der Waals surface area contributed by atoms with E-state index in [4.69, 9.17) is 16.3 Å². The molecule has 0 spiro atoms. The number of likely N-dealkylation sites (tertiary alicyclic amines) is 1. The van der Waals surface area contributed by atoms with E-state index < -0.39 is 18.6 Å². The summed E-state index contributed by atoms with van der Waals surface area (Å²) in [6.07, 6.45) is 0.221. The highest BCUT2D eigenvalue weighted by Gasteiger charge is 2.38. The molecule has 1 fully saturated rings. The fourth-order valence-electron chi connectivity index (χ4n) is 4.04. The summed E-state index contributed by atoms with van der Waals surface area (Å²) in [5, 5.41) is 3.28. The van der Waals surface area contributed by atoms with Crippen LogP contribution in [0.15, 0.2) is 30.7 Å². The third-order valence-corrected chi connectivity index (χ3v) is 6.83. The van der Waals surface area contributed by atoms with Crippen molar-refractivity contribution in [2.45, 2.75) is 19.0 Å². The quantitative estimate of drug-likeness (QED) is 0.344. The van der Waals surface area contributed by atoms with Gasteiger partial charge < -0.3 is 4.74 Å². The Morgan fingerprint density at radius 2 is 1.95 bits per heavy atom. The molecule has 0 aromatic carbocycles. The van der Waals surface area contributed by atoms with E-state index in [1.54, 1.807) is 19.1 Å². The minimum Gasteiger partial charge on any atom is -0.494 e. The number of aromatic nitrogens is 5. The van der Waals surface area contributed by atoms with E-state index in [1.807, 2.05) is 0 Å². The van der Waals surface area contributed by atoms with Gasteiger partial charge in [-0.15, -0.1) is 0 Å². The Kier molecular flexibility index (Phi) is 6.68. The number of pyridine rings is 2. The average Bonchev–Trinajstić information content (AvgIpc) is 3.21. The first kappa shape index (κ1) is 25.2. The Morgan fingerprint density at radius 3 is 2.68 bits per heavy atom. The summed E-state index contributed by atoms with van der Waals surface area (Å²) in [6, 6.07) is 3.35. The standard InChI is InChI=1S/C23H19ClF3N7O2S/c1-11-3-13(14-4-18(24)29-7-17(14)36-2)15(5-28-11)20(35)33-22-32-19-21(37-22)31-16(6-30-19)12-8-34(9-12)10-23(25,26)27/h3-7,12H,8-10H2,1-2H3,(H,30,32,33,35). The van der Waals surface area contributed by atoms with Crippen LogP contribution in [0.4, 0.5) is 18.3 Å². The number of ether oxygens (including phenoxy) is 1. The second-order valence-corrected chi connectivity index (χ2v) is 9.85. The van der Waals surface area contributed by atoms with Crippen LogP contribution in [-0.4, -0.2) is 68.6 Å². The summed E-state index contributed by atoms with van der Waals surface area (Å²) in [7, 11) is 1.50. The number of hydrogen-bond donors (Lipinski definition) is 1. The fourth-order valence-corrected chi connectivity index (χ4v) is 5.00. The first-order chi connectivity index (χ1) is 17.6. The Labute approximate surface area is 217 Å². The zero-order valence-corrected chi connectivity index (χ0v) is 21.1. The van der Waals surface area contributed by atoms with Crippen molar-refractivity contribution < 1.29 is 22.7 Å². The van der Waals surface area contributed by atoms with Gasteiger partial charge >= 0.3 is 6.18 Å². The van der Waals surface area contributed by atoms with Gasteiger partial charge in [0, 0.05) is 42.0 Å². The third-order valence-electron chi connectivity index (χ3n) is 5.77. The minimum absolute atomic E-state index is 0.136. The fraction of sp³-hybridized carbons (Fsp3) is 0.304. The molecule has 192 valence electrons. The van der Waals surface area contributed by atoms with Crippen LogP contribution < -0.4 is 10.1 Å². The summed E-state index contributed by atoms with van der Waals surface area (Å²) >= 11 is 7.22. The van der Waals surface area contributed by atoms with Gasteiger partial charge in [0.15, 0.2) is 15.6 Å². The molecule has 4 aromatic heterocycles. The Bertz CT molecular complexity index is 1490. The lowest BCUT2D eigenvalue weighted by Gasteiger charge is -2.38. The molecule has 14 heteroatoms. The number of amides is 1. The van der Waals surface area contributed by atoms with Gasteiger partial charge in [0.2, 0.25) is 0 Å². The predicted molar refractivity (Wildman–Crippen MR) is 132 cm³/mol. The SMILES string of the molecule is COc1cnc(Cl)cc1-c1cc(C)ncc1C(=O)Nc1nc2ncc(C3CN(CC(F)(F)F)C3)nc2s1. The van der Waals surface area contributed by atoms with Crippen molar-refractivity contribution in [3.05, 3.63) is 52.8 Å². The van der Waals surface area contributed by atoms with Crippen LogP contribution >= 0.6 is 22.9 Å². The lowest BCUT2D eigenvalue weighted by molar-refractivity contribution is -0.155. The first-order valence-corrected chi connectivity index (χ1v) is 12.2. The van der Waals surface area contributed by atoms with Gasteiger partial charge in [-0.1, -0.05) is 22.9 Å². The van der Waals surface area contributed by atoms with E-state index >= 15 is 0 Å². The van der Waals surface area contributed by atoms with Crippen LogP contribution in [0.1, 0.15) is 27.7 Å². The zero-order chi connectivity index (χ0) is 26.3. The van der Waals surface area contributed by atoms with Crippen molar-refractivity contribution in [3.63, 3.8) is 0 Å². The maximum atomic E-state index is 13.2. The van der Waals surface area contributed by atoms with Gasteiger partial charge in [0.1, 0.15) is 10.9 Å². The molecule has 5 rings (SSSR count).